The van der Waals surface area contributed by atoms with Gasteiger partial charge in [0.25, 0.3) is 0 Å². The summed E-state index contributed by atoms with van der Waals surface area (Å²) in [5.74, 6) is -0.380. The van der Waals surface area contributed by atoms with E-state index < -0.39 is 5.56 Å². The van der Waals surface area contributed by atoms with E-state index in [4.69, 9.17) is 11.6 Å². The van der Waals surface area contributed by atoms with Crippen molar-refractivity contribution in [1.82, 2.24) is 0 Å². The summed E-state index contributed by atoms with van der Waals surface area (Å²) < 4.78 is 0. The number of carbonyl (C=O) groups is 1. The summed E-state index contributed by atoms with van der Waals surface area (Å²) in [4.78, 5) is 19.2. The minimum Gasteiger partial charge on any atom is -0.297 e. The van der Waals surface area contributed by atoms with Crippen molar-refractivity contribution in [3.8, 4) is 0 Å². The van der Waals surface area contributed by atoms with E-state index in [1.807, 2.05) is 6.92 Å². The summed E-state index contributed by atoms with van der Waals surface area (Å²) in [5.41, 5.74) is -0.583. The molecule has 0 aromatic heterocycles. The molecule has 0 aliphatic heterocycles. The molecule has 1 unspecified atom stereocenters. The molecule has 0 aromatic rings. The average molecular weight is 190 g/mol. The molecule has 0 aromatic carbocycles. The maximum absolute atomic E-state index is 10.5. The maximum Gasteiger partial charge on any atom is 0.342 e. The molecule has 1 radical (unpaired) electrons. The topological polar surface area (TPSA) is 35.5 Å². The van der Waals surface area contributed by atoms with Crippen LogP contribution in [-0.2, 0) is 14.6 Å². The largest absolute Gasteiger partial charge is 0.342 e. The fourth-order valence-corrected chi connectivity index (χ4v) is 0.402. The second-order valence-electron chi connectivity index (χ2n) is 1.84. The molecule has 0 rings (SSSR count). The Kier molecular flexibility index (Phi) is 11.4. The fourth-order valence-electron chi connectivity index (χ4n) is 0.366. The van der Waals surface area contributed by atoms with Crippen LogP contribution in [-0.4, -0.2) is 41.1 Å². The zero-order valence-electron chi connectivity index (χ0n) is 7.09. The molecule has 0 spiro atoms. The SMILES string of the molecule is CCCC(=O)OOC(C)Cl.[Na]. The Morgan fingerprint density at radius 2 is 2.18 bits per heavy atom. The molecule has 0 fully saturated rings. The van der Waals surface area contributed by atoms with E-state index in [1.54, 1.807) is 6.92 Å². The van der Waals surface area contributed by atoms with Crippen LogP contribution in [0.4, 0.5) is 0 Å². The van der Waals surface area contributed by atoms with Crippen LogP contribution < -0.4 is 0 Å². The molecule has 11 heavy (non-hydrogen) atoms. The first-order valence-corrected chi connectivity index (χ1v) is 3.60. The molecular formula is C6H11ClNaO3. The van der Waals surface area contributed by atoms with Crippen LogP contribution in [0.25, 0.3) is 0 Å². The number of rotatable bonds is 4. The molecule has 3 nitrogen and oxygen atoms in total. The van der Waals surface area contributed by atoms with Crippen molar-refractivity contribution < 1.29 is 14.6 Å². The van der Waals surface area contributed by atoms with Gasteiger partial charge in [0.15, 0.2) is 5.56 Å². The van der Waals surface area contributed by atoms with E-state index >= 15 is 0 Å². The van der Waals surface area contributed by atoms with Gasteiger partial charge < -0.3 is 0 Å². The number of carbonyl (C=O) groups excluding carboxylic acids is 1. The molecule has 61 valence electrons. The zero-order chi connectivity index (χ0) is 7.98. The van der Waals surface area contributed by atoms with Crippen molar-refractivity contribution in [2.75, 3.05) is 0 Å². The molecule has 0 aliphatic carbocycles. The Morgan fingerprint density at radius 3 is 2.55 bits per heavy atom. The molecule has 0 saturated carbocycles. The second-order valence-corrected chi connectivity index (χ2v) is 2.46. The maximum atomic E-state index is 10.5. The van der Waals surface area contributed by atoms with Gasteiger partial charge in [-0.3, -0.25) is 4.89 Å². The molecule has 0 amide bonds. The molecule has 0 N–H and O–H groups in total. The normalized spacial score (nSPS) is 11.5. The molecule has 0 bridgehead atoms. The van der Waals surface area contributed by atoms with E-state index in [0.29, 0.717) is 6.42 Å². The average Bonchev–Trinajstić information content (AvgIpc) is 1.85. The standard InChI is InChI=1S/C6H11ClO3.Na/c1-3-4-6(8)10-9-5(2)7;/h5H,3-4H2,1-2H3;. The summed E-state index contributed by atoms with van der Waals surface area (Å²) in [7, 11) is 0. The van der Waals surface area contributed by atoms with Crippen molar-refractivity contribution in [3.63, 3.8) is 0 Å². The predicted octanol–water partition coefficient (Wildman–Crippen LogP) is 1.47. The third kappa shape index (κ3) is 10.7. The molecule has 1 atom stereocenters. The van der Waals surface area contributed by atoms with Crippen LogP contribution in [0.2, 0.25) is 0 Å². The van der Waals surface area contributed by atoms with Gasteiger partial charge in [0.1, 0.15) is 0 Å². The number of hydrogen-bond donors (Lipinski definition) is 0. The van der Waals surface area contributed by atoms with E-state index in [1.165, 1.54) is 0 Å². The third-order valence-corrected chi connectivity index (χ3v) is 0.801. The van der Waals surface area contributed by atoms with Gasteiger partial charge in [0, 0.05) is 36.0 Å². The summed E-state index contributed by atoms with van der Waals surface area (Å²) in [6.07, 6.45) is 1.11. The van der Waals surface area contributed by atoms with E-state index in [0.717, 1.165) is 6.42 Å². The Hall–Kier alpha value is 0.720. The fraction of sp³-hybridized carbons (Fsp3) is 0.833. The van der Waals surface area contributed by atoms with Gasteiger partial charge in [-0.15, -0.1) is 0 Å². The van der Waals surface area contributed by atoms with Crippen LogP contribution in [0.1, 0.15) is 26.7 Å². The first-order valence-electron chi connectivity index (χ1n) is 3.17. The van der Waals surface area contributed by atoms with Crippen LogP contribution in [0.3, 0.4) is 0 Å². The van der Waals surface area contributed by atoms with Crippen molar-refractivity contribution >= 4 is 47.1 Å². The van der Waals surface area contributed by atoms with Gasteiger partial charge in [-0.2, -0.15) is 4.89 Å². The molecule has 0 saturated heterocycles. The Morgan fingerprint density at radius 1 is 1.64 bits per heavy atom. The van der Waals surface area contributed by atoms with Crippen molar-refractivity contribution in [2.24, 2.45) is 0 Å². The first-order chi connectivity index (χ1) is 4.66. The van der Waals surface area contributed by atoms with Crippen LogP contribution in [0.15, 0.2) is 0 Å². The smallest absolute Gasteiger partial charge is 0.297 e. The zero-order valence-corrected chi connectivity index (χ0v) is 9.85. The number of halogens is 1. The van der Waals surface area contributed by atoms with Crippen LogP contribution >= 0.6 is 11.6 Å². The number of alkyl halides is 1. The Labute approximate surface area is 93.6 Å². The van der Waals surface area contributed by atoms with E-state index in [2.05, 4.69) is 9.78 Å². The van der Waals surface area contributed by atoms with Gasteiger partial charge in [-0.1, -0.05) is 18.5 Å². The van der Waals surface area contributed by atoms with Crippen molar-refractivity contribution in [1.29, 1.82) is 0 Å². The monoisotopic (exact) mass is 189 g/mol. The number of hydrogen-bond acceptors (Lipinski definition) is 3. The summed E-state index contributed by atoms with van der Waals surface area (Å²) in [6.45, 7) is 3.45. The van der Waals surface area contributed by atoms with E-state index in [9.17, 15) is 4.79 Å². The molecule has 0 heterocycles. The van der Waals surface area contributed by atoms with Crippen LogP contribution in [0.5, 0.6) is 0 Å². The van der Waals surface area contributed by atoms with Gasteiger partial charge in [-0.05, 0) is 13.3 Å². The summed E-state index contributed by atoms with van der Waals surface area (Å²) in [6, 6.07) is 0. The molecular weight excluding hydrogens is 179 g/mol. The van der Waals surface area contributed by atoms with Crippen molar-refractivity contribution in [2.45, 2.75) is 32.3 Å². The first kappa shape index (κ1) is 14.3. The van der Waals surface area contributed by atoms with Crippen molar-refractivity contribution in [3.05, 3.63) is 0 Å². The minimum atomic E-state index is -0.583. The summed E-state index contributed by atoms with van der Waals surface area (Å²) >= 11 is 5.32. The Bertz CT molecular complexity index is 108. The van der Waals surface area contributed by atoms with Crippen LogP contribution in [0, 0.1) is 0 Å². The Balaban J connectivity index is 0. The summed E-state index contributed by atoms with van der Waals surface area (Å²) in [5, 5.41) is 0. The predicted molar refractivity (Wildman–Crippen MR) is 43.2 cm³/mol. The van der Waals surface area contributed by atoms with Gasteiger partial charge in [-0.25, -0.2) is 4.79 Å². The van der Waals surface area contributed by atoms with Gasteiger partial charge >= 0.3 is 5.97 Å². The minimum absolute atomic E-state index is 0. The second kappa shape index (κ2) is 8.81. The molecule has 0 aliphatic rings. The van der Waals surface area contributed by atoms with Gasteiger partial charge in [0.2, 0.25) is 0 Å². The van der Waals surface area contributed by atoms with E-state index in [-0.39, 0.29) is 35.5 Å². The molecule has 5 heteroatoms. The van der Waals surface area contributed by atoms with Gasteiger partial charge in [0.05, 0.1) is 0 Å². The quantitative estimate of drug-likeness (QED) is 0.291. The third-order valence-electron chi connectivity index (χ3n) is 0.728.